The Hall–Kier alpha value is -2.89. The van der Waals surface area contributed by atoms with E-state index < -0.39 is 0 Å². The fourth-order valence-corrected chi connectivity index (χ4v) is 2.72. The Kier molecular flexibility index (Phi) is 5.28. The normalized spacial score (nSPS) is 11.7. The van der Waals surface area contributed by atoms with Crippen LogP contribution in [0.4, 0.5) is 8.78 Å². The Morgan fingerprint density at radius 1 is 1.08 bits per heavy atom. The summed E-state index contributed by atoms with van der Waals surface area (Å²) in [5.41, 5.74) is 2.48. The van der Waals surface area contributed by atoms with Crippen LogP contribution in [0.2, 0.25) is 0 Å². The topological polar surface area (TPSA) is 52.2 Å². The molecule has 2 aromatic carbocycles. The van der Waals surface area contributed by atoms with Crippen LogP contribution in [0.5, 0.6) is 0 Å². The van der Waals surface area contributed by atoms with Gasteiger partial charge in [-0.3, -0.25) is 4.99 Å². The minimum Gasteiger partial charge on any atom is -0.361 e. The Morgan fingerprint density at radius 3 is 2.72 bits per heavy atom. The second kappa shape index (κ2) is 7.79. The summed E-state index contributed by atoms with van der Waals surface area (Å²) in [7, 11) is 1.67. The molecule has 4 nitrogen and oxygen atoms in total. The van der Waals surface area contributed by atoms with E-state index in [4.69, 9.17) is 0 Å². The van der Waals surface area contributed by atoms with Crippen molar-refractivity contribution >= 4 is 16.9 Å². The van der Waals surface area contributed by atoms with Gasteiger partial charge in [-0.1, -0.05) is 18.2 Å². The average Bonchev–Trinajstić information content (AvgIpc) is 3.01. The molecule has 1 heterocycles. The molecule has 0 saturated carbocycles. The quantitative estimate of drug-likeness (QED) is 0.492. The number of rotatable bonds is 5. The SMILES string of the molecule is CN=C(NCCc1c[nH]c2cc(F)ccc12)NCc1ccccc1F. The van der Waals surface area contributed by atoms with E-state index in [1.54, 1.807) is 31.3 Å². The zero-order valence-corrected chi connectivity index (χ0v) is 13.9. The van der Waals surface area contributed by atoms with Crippen LogP contribution in [0.25, 0.3) is 10.9 Å². The van der Waals surface area contributed by atoms with E-state index in [0.717, 1.165) is 22.9 Å². The lowest BCUT2D eigenvalue weighted by atomic mass is 10.1. The number of nitrogens with one attached hydrogen (secondary N) is 3. The molecule has 130 valence electrons. The Morgan fingerprint density at radius 2 is 1.92 bits per heavy atom. The lowest BCUT2D eigenvalue weighted by Crippen LogP contribution is -2.38. The van der Waals surface area contributed by atoms with Crippen LogP contribution in [0.3, 0.4) is 0 Å². The van der Waals surface area contributed by atoms with Crippen LogP contribution in [0, 0.1) is 11.6 Å². The van der Waals surface area contributed by atoms with Gasteiger partial charge in [0.1, 0.15) is 11.6 Å². The molecule has 0 fully saturated rings. The average molecular weight is 342 g/mol. The molecule has 3 rings (SSSR count). The van der Waals surface area contributed by atoms with E-state index in [0.29, 0.717) is 24.6 Å². The molecule has 25 heavy (non-hydrogen) atoms. The van der Waals surface area contributed by atoms with E-state index in [2.05, 4.69) is 20.6 Å². The summed E-state index contributed by atoms with van der Waals surface area (Å²) < 4.78 is 26.8. The summed E-state index contributed by atoms with van der Waals surface area (Å²) in [6.45, 7) is 1.01. The minimum absolute atomic E-state index is 0.239. The fraction of sp³-hybridized carbons (Fsp3) is 0.211. The van der Waals surface area contributed by atoms with Crippen LogP contribution < -0.4 is 10.6 Å². The second-order valence-corrected chi connectivity index (χ2v) is 5.70. The van der Waals surface area contributed by atoms with Crippen molar-refractivity contribution in [2.24, 2.45) is 4.99 Å². The first kappa shape index (κ1) is 17.0. The molecule has 0 aliphatic rings. The Balaban J connectivity index is 1.54. The van der Waals surface area contributed by atoms with Crippen molar-refractivity contribution in [3.05, 3.63) is 71.4 Å². The van der Waals surface area contributed by atoms with Crippen LogP contribution in [0.15, 0.2) is 53.7 Å². The van der Waals surface area contributed by atoms with Gasteiger partial charge in [-0.05, 0) is 36.2 Å². The monoisotopic (exact) mass is 342 g/mol. The summed E-state index contributed by atoms with van der Waals surface area (Å²) >= 11 is 0. The van der Waals surface area contributed by atoms with Gasteiger partial charge in [0.2, 0.25) is 0 Å². The second-order valence-electron chi connectivity index (χ2n) is 5.70. The highest BCUT2D eigenvalue weighted by Gasteiger charge is 2.06. The largest absolute Gasteiger partial charge is 0.361 e. The summed E-state index contributed by atoms with van der Waals surface area (Å²) in [5.74, 6) is 0.113. The molecule has 3 aromatic rings. The standard InChI is InChI=1S/C19H20F2N4/c1-22-19(25-12-14-4-2-3-5-17(14)21)23-9-8-13-11-24-18-10-15(20)6-7-16(13)18/h2-7,10-11,24H,8-9,12H2,1H3,(H2,22,23,25). The van der Waals surface area contributed by atoms with Crippen LogP contribution in [0.1, 0.15) is 11.1 Å². The van der Waals surface area contributed by atoms with Crippen molar-refractivity contribution in [2.45, 2.75) is 13.0 Å². The van der Waals surface area contributed by atoms with Gasteiger partial charge in [0.05, 0.1) is 0 Å². The number of H-pyrrole nitrogens is 1. The van der Waals surface area contributed by atoms with Gasteiger partial charge in [0, 0.05) is 42.8 Å². The molecular weight excluding hydrogens is 322 g/mol. The van der Waals surface area contributed by atoms with Crippen molar-refractivity contribution in [1.82, 2.24) is 15.6 Å². The summed E-state index contributed by atoms with van der Waals surface area (Å²) in [4.78, 5) is 7.22. The lowest BCUT2D eigenvalue weighted by Gasteiger charge is -2.12. The number of hydrogen-bond acceptors (Lipinski definition) is 1. The van der Waals surface area contributed by atoms with Gasteiger partial charge in [-0.15, -0.1) is 0 Å². The highest BCUT2D eigenvalue weighted by molar-refractivity contribution is 5.83. The third kappa shape index (κ3) is 4.15. The lowest BCUT2D eigenvalue weighted by molar-refractivity contribution is 0.604. The Bertz CT molecular complexity index is 886. The molecule has 0 amide bonds. The smallest absolute Gasteiger partial charge is 0.191 e. The fourth-order valence-electron chi connectivity index (χ4n) is 2.72. The molecule has 0 aliphatic heterocycles. The maximum Gasteiger partial charge on any atom is 0.191 e. The van der Waals surface area contributed by atoms with Gasteiger partial charge in [0.25, 0.3) is 0 Å². The number of hydrogen-bond donors (Lipinski definition) is 3. The number of halogens is 2. The maximum atomic E-state index is 13.6. The van der Waals surface area contributed by atoms with E-state index in [9.17, 15) is 8.78 Å². The molecule has 0 bridgehead atoms. The molecule has 0 aliphatic carbocycles. The highest BCUT2D eigenvalue weighted by atomic mass is 19.1. The minimum atomic E-state index is -0.253. The van der Waals surface area contributed by atoms with E-state index in [1.165, 1.54) is 18.2 Å². The molecule has 0 atom stereocenters. The number of aromatic nitrogens is 1. The predicted octanol–water partition coefficient (Wildman–Crippen LogP) is 3.35. The third-order valence-electron chi connectivity index (χ3n) is 4.04. The summed E-state index contributed by atoms with van der Waals surface area (Å²) in [6, 6.07) is 11.4. The van der Waals surface area contributed by atoms with E-state index in [1.807, 2.05) is 6.20 Å². The van der Waals surface area contributed by atoms with Gasteiger partial charge in [-0.25, -0.2) is 8.78 Å². The third-order valence-corrected chi connectivity index (χ3v) is 4.04. The van der Waals surface area contributed by atoms with Gasteiger partial charge < -0.3 is 15.6 Å². The maximum absolute atomic E-state index is 13.6. The summed E-state index contributed by atoms with van der Waals surface area (Å²) in [5, 5.41) is 7.31. The number of nitrogens with zero attached hydrogens (tertiary/aromatic N) is 1. The number of fused-ring (bicyclic) bond motifs is 1. The van der Waals surface area contributed by atoms with Crippen molar-refractivity contribution in [3.63, 3.8) is 0 Å². The number of guanidine groups is 1. The first-order valence-corrected chi connectivity index (χ1v) is 8.11. The van der Waals surface area contributed by atoms with Crippen molar-refractivity contribution in [2.75, 3.05) is 13.6 Å². The van der Waals surface area contributed by atoms with Crippen molar-refractivity contribution in [1.29, 1.82) is 0 Å². The molecule has 1 aromatic heterocycles. The number of aliphatic imine (C=N–C) groups is 1. The first-order valence-electron chi connectivity index (χ1n) is 8.11. The van der Waals surface area contributed by atoms with Crippen molar-refractivity contribution in [3.8, 4) is 0 Å². The van der Waals surface area contributed by atoms with Crippen LogP contribution in [-0.4, -0.2) is 24.5 Å². The van der Waals surface area contributed by atoms with Crippen LogP contribution in [-0.2, 0) is 13.0 Å². The molecule has 0 unspecified atom stereocenters. The summed E-state index contributed by atoms with van der Waals surface area (Å²) in [6.07, 6.45) is 2.65. The zero-order valence-electron chi connectivity index (χ0n) is 13.9. The van der Waals surface area contributed by atoms with Crippen LogP contribution >= 0.6 is 0 Å². The number of aromatic amines is 1. The zero-order chi connectivity index (χ0) is 17.6. The number of benzene rings is 2. The molecule has 3 N–H and O–H groups in total. The van der Waals surface area contributed by atoms with E-state index >= 15 is 0 Å². The van der Waals surface area contributed by atoms with Gasteiger partial charge in [-0.2, -0.15) is 0 Å². The predicted molar refractivity (Wildman–Crippen MR) is 96.6 cm³/mol. The Labute approximate surface area is 145 Å². The van der Waals surface area contributed by atoms with Gasteiger partial charge >= 0.3 is 0 Å². The van der Waals surface area contributed by atoms with E-state index in [-0.39, 0.29) is 11.6 Å². The molecule has 0 spiro atoms. The van der Waals surface area contributed by atoms with Gasteiger partial charge in [0.15, 0.2) is 5.96 Å². The molecule has 6 heteroatoms. The molecule has 0 radical (unpaired) electrons. The first-order chi connectivity index (χ1) is 12.2. The molecule has 0 saturated heterocycles. The molecular formula is C19H20F2N4. The van der Waals surface area contributed by atoms with Crippen molar-refractivity contribution < 1.29 is 8.78 Å². The highest BCUT2D eigenvalue weighted by Crippen LogP contribution is 2.19.